The molecule has 244 valence electrons. The molecule has 8 heteroatoms. The normalized spacial score (nSPS) is 19.1. The number of para-hydroxylation sites is 4. The highest BCUT2D eigenvalue weighted by Crippen LogP contribution is 2.35. The minimum absolute atomic E-state index is 0.0270. The van der Waals surface area contributed by atoms with Gasteiger partial charge in [-0.15, -0.1) is 0 Å². The highest BCUT2D eigenvalue weighted by Gasteiger charge is 2.30. The molecule has 0 aromatic heterocycles. The van der Waals surface area contributed by atoms with E-state index in [9.17, 15) is 0 Å². The first kappa shape index (κ1) is 33.3. The molecule has 2 saturated heterocycles. The predicted octanol–water partition coefficient (Wildman–Crippen LogP) is 6.39. The summed E-state index contributed by atoms with van der Waals surface area (Å²) in [5.74, 6) is 3.02. The Hall–Kier alpha value is -4.08. The van der Waals surface area contributed by atoms with Gasteiger partial charge in [-0.2, -0.15) is 0 Å². The fourth-order valence-electron chi connectivity index (χ4n) is 5.48. The molecule has 4 aromatic rings. The summed E-state index contributed by atoms with van der Waals surface area (Å²) in [4.78, 5) is 0. The molecule has 2 aliphatic heterocycles. The zero-order valence-corrected chi connectivity index (χ0v) is 26.8. The van der Waals surface area contributed by atoms with Crippen molar-refractivity contribution < 1.29 is 28.4 Å². The van der Waals surface area contributed by atoms with Crippen LogP contribution in [0.4, 0.5) is 0 Å². The summed E-state index contributed by atoms with van der Waals surface area (Å²) >= 11 is 0. The van der Waals surface area contributed by atoms with E-state index in [0.29, 0.717) is 26.4 Å². The number of ether oxygens (including phenoxy) is 6. The van der Waals surface area contributed by atoms with Crippen LogP contribution in [0.15, 0.2) is 109 Å². The van der Waals surface area contributed by atoms with E-state index >= 15 is 0 Å². The third-order valence-electron chi connectivity index (χ3n) is 7.65. The fraction of sp³-hybridized carbons (Fsp3) is 0.368. The highest BCUT2D eigenvalue weighted by molar-refractivity contribution is 5.41. The summed E-state index contributed by atoms with van der Waals surface area (Å²) in [5, 5.41) is 6.75. The van der Waals surface area contributed by atoms with Crippen molar-refractivity contribution in [1.82, 2.24) is 10.6 Å². The molecular formula is C38H46N2O6. The number of nitrogens with one attached hydrogen (secondary N) is 2. The minimum atomic E-state index is -0.175. The average Bonchev–Trinajstić information content (AvgIpc) is 3.13. The van der Waals surface area contributed by atoms with E-state index in [1.165, 1.54) is 0 Å². The van der Waals surface area contributed by atoms with Gasteiger partial charge in [-0.1, -0.05) is 84.9 Å². The van der Waals surface area contributed by atoms with Crippen LogP contribution in [0.25, 0.3) is 0 Å². The van der Waals surface area contributed by atoms with Gasteiger partial charge in [0.2, 0.25) is 0 Å². The van der Waals surface area contributed by atoms with Crippen molar-refractivity contribution >= 4 is 0 Å². The van der Waals surface area contributed by atoms with E-state index in [-0.39, 0.29) is 24.4 Å². The van der Waals surface area contributed by atoms with Gasteiger partial charge in [-0.05, 0) is 49.2 Å². The van der Waals surface area contributed by atoms with Crippen molar-refractivity contribution in [3.8, 4) is 23.0 Å². The van der Waals surface area contributed by atoms with Crippen molar-refractivity contribution in [2.75, 3.05) is 52.6 Å². The van der Waals surface area contributed by atoms with E-state index < -0.39 is 0 Å². The Kier molecular flexibility index (Phi) is 13.1. The molecule has 2 aliphatic rings. The van der Waals surface area contributed by atoms with E-state index in [1.807, 2.05) is 98.8 Å². The van der Waals surface area contributed by atoms with Crippen molar-refractivity contribution in [1.29, 1.82) is 0 Å². The van der Waals surface area contributed by atoms with E-state index in [2.05, 4.69) is 34.9 Å². The zero-order valence-electron chi connectivity index (χ0n) is 26.8. The lowest BCUT2D eigenvalue weighted by Crippen LogP contribution is -2.43. The van der Waals surface area contributed by atoms with Crippen LogP contribution in [-0.2, 0) is 9.47 Å². The molecule has 0 spiro atoms. The number of rotatable bonds is 12. The molecule has 2 heterocycles. The number of hydrogen-bond acceptors (Lipinski definition) is 8. The first-order chi connectivity index (χ1) is 22.8. The monoisotopic (exact) mass is 626 g/mol. The molecule has 8 nitrogen and oxygen atoms in total. The van der Waals surface area contributed by atoms with Gasteiger partial charge < -0.3 is 39.1 Å². The Morgan fingerprint density at radius 2 is 0.913 bits per heavy atom. The second kappa shape index (κ2) is 18.2. The number of benzene rings is 4. The third-order valence-corrected chi connectivity index (χ3v) is 7.65. The first-order valence-corrected chi connectivity index (χ1v) is 16.3. The Morgan fingerprint density at radius 3 is 1.26 bits per heavy atom. The maximum atomic E-state index is 6.33. The summed E-state index contributed by atoms with van der Waals surface area (Å²) < 4.78 is 35.9. The van der Waals surface area contributed by atoms with Crippen LogP contribution < -0.4 is 29.6 Å². The van der Waals surface area contributed by atoms with Crippen molar-refractivity contribution in [3.05, 3.63) is 120 Å². The van der Waals surface area contributed by atoms with Gasteiger partial charge in [0, 0.05) is 26.2 Å². The summed E-state index contributed by atoms with van der Waals surface area (Å²) in [6, 6.07) is 36.0. The quantitative estimate of drug-likeness (QED) is 0.187. The number of morpholine rings is 2. The molecule has 2 N–H and O–H groups in total. The lowest BCUT2D eigenvalue weighted by atomic mass is 10.0. The summed E-state index contributed by atoms with van der Waals surface area (Å²) in [6.45, 7) is 9.87. The maximum absolute atomic E-state index is 6.33. The lowest BCUT2D eigenvalue weighted by molar-refractivity contribution is -0.0439. The number of hydrogen-bond donors (Lipinski definition) is 2. The van der Waals surface area contributed by atoms with Crippen LogP contribution >= 0.6 is 0 Å². The standard InChI is InChI=1S/2C19H23NO3/c2*1-2-21-16-10-6-7-11-17(16)23-19(15-8-4-3-5-9-15)18-14-20-12-13-22-18/h2*3-11,18-20H,2,12-14H2,1H3/t2*18-,19-/m11/s1. The summed E-state index contributed by atoms with van der Waals surface area (Å²) in [7, 11) is 0. The molecule has 0 bridgehead atoms. The van der Waals surface area contributed by atoms with Gasteiger partial charge in [0.1, 0.15) is 12.2 Å². The molecule has 0 saturated carbocycles. The van der Waals surface area contributed by atoms with Crippen LogP contribution in [0, 0.1) is 0 Å². The van der Waals surface area contributed by atoms with Gasteiger partial charge in [0.25, 0.3) is 0 Å². The Balaban J connectivity index is 0.000000181. The SMILES string of the molecule is CCOc1ccccc1O[C@H](c1ccccc1)[C@H]1CNCCO1.CCOc1ccccc1O[C@H](c1ccccc1)[C@H]1CNCCO1. The highest BCUT2D eigenvalue weighted by atomic mass is 16.6. The van der Waals surface area contributed by atoms with E-state index in [4.69, 9.17) is 28.4 Å². The van der Waals surface area contributed by atoms with E-state index in [0.717, 1.165) is 60.3 Å². The minimum Gasteiger partial charge on any atom is -0.490 e. The summed E-state index contributed by atoms with van der Waals surface area (Å²) in [6.07, 6.45) is -0.405. The first-order valence-electron chi connectivity index (χ1n) is 16.3. The molecule has 0 amide bonds. The fourth-order valence-corrected chi connectivity index (χ4v) is 5.48. The molecule has 0 unspecified atom stereocenters. The van der Waals surface area contributed by atoms with Gasteiger partial charge in [0.15, 0.2) is 35.2 Å². The van der Waals surface area contributed by atoms with Gasteiger partial charge >= 0.3 is 0 Å². The molecule has 2 fully saturated rings. The van der Waals surface area contributed by atoms with Crippen molar-refractivity contribution in [2.24, 2.45) is 0 Å². The van der Waals surface area contributed by atoms with Crippen LogP contribution in [0.3, 0.4) is 0 Å². The van der Waals surface area contributed by atoms with Crippen LogP contribution in [0.2, 0.25) is 0 Å². The third kappa shape index (κ3) is 9.47. The predicted molar refractivity (Wildman–Crippen MR) is 180 cm³/mol. The molecule has 46 heavy (non-hydrogen) atoms. The van der Waals surface area contributed by atoms with E-state index in [1.54, 1.807) is 0 Å². The molecule has 0 aliphatic carbocycles. The average molecular weight is 627 g/mol. The zero-order chi connectivity index (χ0) is 31.8. The van der Waals surface area contributed by atoms with Crippen molar-refractivity contribution in [3.63, 3.8) is 0 Å². The van der Waals surface area contributed by atoms with Crippen molar-refractivity contribution in [2.45, 2.75) is 38.3 Å². The maximum Gasteiger partial charge on any atom is 0.162 e. The second-order valence-electron chi connectivity index (χ2n) is 10.9. The topological polar surface area (TPSA) is 79.4 Å². The molecule has 6 rings (SSSR count). The molecule has 0 radical (unpaired) electrons. The van der Waals surface area contributed by atoms with Gasteiger partial charge in [-0.3, -0.25) is 0 Å². The van der Waals surface area contributed by atoms with Crippen LogP contribution in [-0.4, -0.2) is 64.8 Å². The van der Waals surface area contributed by atoms with Gasteiger partial charge in [-0.25, -0.2) is 0 Å². The van der Waals surface area contributed by atoms with Crippen LogP contribution in [0.5, 0.6) is 23.0 Å². The lowest BCUT2D eigenvalue weighted by Gasteiger charge is -2.32. The smallest absolute Gasteiger partial charge is 0.162 e. The summed E-state index contributed by atoms with van der Waals surface area (Å²) in [5.41, 5.74) is 2.21. The Labute approximate surface area is 272 Å². The second-order valence-corrected chi connectivity index (χ2v) is 10.9. The largest absolute Gasteiger partial charge is 0.490 e. The Morgan fingerprint density at radius 1 is 0.543 bits per heavy atom. The van der Waals surface area contributed by atoms with Crippen LogP contribution in [0.1, 0.15) is 37.2 Å². The molecule has 4 atom stereocenters. The molecule has 4 aromatic carbocycles. The molecular weight excluding hydrogens is 580 g/mol. The van der Waals surface area contributed by atoms with Gasteiger partial charge in [0.05, 0.1) is 26.4 Å². The Bertz CT molecular complexity index is 1300.